The SMILES string of the molecule is O=P(O)(O)C(F)Cc1ccccc1O. The summed E-state index contributed by atoms with van der Waals surface area (Å²) in [5.74, 6) is -2.43. The van der Waals surface area contributed by atoms with E-state index in [1.807, 2.05) is 0 Å². The Morgan fingerprint density at radius 3 is 2.43 bits per heavy atom. The number of rotatable bonds is 3. The van der Waals surface area contributed by atoms with Gasteiger partial charge in [-0.05, 0) is 11.6 Å². The highest BCUT2D eigenvalue weighted by Crippen LogP contribution is 2.44. The monoisotopic (exact) mass is 220 g/mol. The van der Waals surface area contributed by atoms with Gasteiger partial charge >= 0.3 is 7.60 Å². The molecule has 1 aromatic carbocycles. The van der Waals surface area contributed by atoms with Crippen molar-refractivity contribution in [3.05, 3.63) is 29.8 Å². The molecule has 0 saturated heterocycles. The largest absolute Gasteiger partial charge is 0.508 e. The van der Waals surface area contributed by atoms with Crippen LogP contribution in [0, 0.1) is 0 Å². The highest BCUT2D eigenvalue weighted by Gasteiger charge is 2.29. The van der Waals surface area contributed by atoms with Crippen molar-refractivity contribution in [3.8, 4) is 5.75 Å². The van der Waals surface area contributed by atoms with Crippen molar-refractivity contribution in [1.82, 2.24) is 0 Å². The summed E-state index contributed by atoms with van der Waals surface area (Å²) < 4.78 is 23.4. The van der Waals surface area contributed by atoms with Crippen LogP contribution in [0.15, 0.2) is 24.3 Å². The van der Waals surface area contributed by atoms with Gasteiger partial charge in [0.25, 0.3) is 0 Å². The van der Waals surface area contributed by atoms with Gasteiger partial charge < -0.3 is 14.9 Å². The average molecular weight is 220 g/mol. The first-order valence-corrected chi connectivity index (χ1v) is 5.55. The van der Waals surface area contributed by atoms with Gasteiger partial charge in [-0.2, -0.15) is 0 Å². The van der Waals surface area contributed by atoms with Gasteiger partial charge in [-0.15, -0.1) is 0 Å². The summed E-state index contributed by atoms with van der Waals surface area (Å²) >= 11 is 0. The number of hydrogen-bond acceptors (Lipinski definition) is 2. The Kier molecular flexibility index (Phi) is 3.26. The molecule has 0 aliphatic carbocycles. The summed E-state index contributed by atoms with van der Waals surface area (Å²) in [6.45, 7) is 0. The van der Waals surface area contributed by atoms with Gasteiger partial charge in [0.05, 0.1) is 0 Å². The Hall–Kier alpha value is -0.900. The number of phenols is 1. The summed E-state index contributed by atoms with van der Waals surface area (Å²) in [5.41, 5.74) is 0.184. The van der Waals surface area contributed by atoms with Gasteiger partial charge in [-0.3, -0.25) is 4.57 Å². The Morgan fingerprint density at radius 2 is 1.93 bits per heavy atom. The molecule has 0 fully saturated rings. The number of hydrogen-bond donors (Lipinski definition) is 3. The zero-order valence-electron chi connectivity index (χ0n) is 7.17. The lowest BCUT2D eigenvalue weighted by molar-refractivity contribution is 0.297. The van der Waals surface area contributed by atoms with E-state index in [9.17, 15) is 14.1 Å². The lowest BCUT2D eigenvalue weighted by Gasteiger charge is -2.10. The number of aromatic hydroxyl groups is 1. The van der Waals surface area contributed by atoms with Crippen LogP contribution in [-0.4, -0.2) is 20.8 Å². The summed E-state index contributed by atoms with van der Waals surface area (Å²) in [6, 6.07) is 5.85. The molecule has 0 saturated carbocycles. The number of benzene rings is 1. The Bertz CT molecular complexity index is 362. The molecule has 0 heterocycles. The lowest BCUT2D eigenvalue weighted by atomic mass is 10.1. The molecule has 3 N–H and O–H groups in total. The van der Waals surface area contributed by atoms with E-state index in [4.69, 9.17) is 9.79 Å². The molecule has 1 aromatic rings. The molecule has 0 aromatic heterocycles. The summed E-state index contributed by atoms with van der Waals surface area (Å²) in [4.78, 5) is 17.0. The van der Waals surface area contributed by atoms with E-state index >= 15 is 0 Å². The van der Waals surface area contributed by atoms with Crippen LogP contribution in [0.2, 0.25) is 0 Å². The number of halogens is 1. The third-order valence-electron chi connectivity index (χ3n) is 1.74. The maximum absolute atomic E-state index is 12.9. The van der Waals surface area contributed by atoms with Crippen LogP contribution in [0.3, 0.4) is 0 Å². The Balaban J connectivity index is 2.80. The zero-order chi connectivity index (χ0) is 10.8. The van der Waals surface area contributed by atoms with Crippen molar-refractivity contribution in [2.45, 2.75) is 12.3 Å². The molecule has 4 nitrogen and oxygen atoms in total. The molecule has 0 aliphatic heterocycles. The predicted octanol–water partition coefficient (Wildman–Crippen LogP) is 1.41. The third-order valence-corrected chi connectivity index (χ3v) is 2.66. The van der Waals surface area contributed by atoms with E-state index in [0.29, 0.717) is 0 Å². The van der Waals surface area contributed by atoms with E-state index in [0.717, 1.165) is 0 Å². The van der Waals surface area contributed by atoms with Crippen LogP contribution >= 0.6 is 7.60 Å². The average Bonchev–Trinajstić information content (AvgIpc) is 2.07. The standard InChI is InChI=1S/C8H10FO4P/c9-8(14(11,12)13)5-6-3-1-2-4-7(6)10/h1-4,8,10H,5H2,(H2,11,12,13). The second-order valence-electron chi connectivity index (χ2n) is 2.86. The van der Waals surface area contributed by atoms with Crippen LogP contribution < -0.4 is 0 Å². The minimum absolute atomic E-state index is 0.163. The van der Waals surface area contributed by atoms with E-state index in [-0.39, 0.29) is 11.3 Å². The van der Waals surface area contributed by atoms with E-state index in [1.165, 1.54) is 12.1 Å². The fourth-order valence-electron chi connectivity index (χ4n) is 0.984. The normalized spacial score (nSPS) is 13.9. The maximum atomic E-state index is 12.9. The van der Waals surface area contributed by atoms with Crippen molar-refractivity contribution in [2.75, 3.05) is 0 Å². The maximum Gasteiger partial charge on any atom is 0.359 e. The van der Waals surface area contributed by atoms with Gasteiger partial charge in [-0.25, -0.2) is 4.39 Å². The van der Waals surface area contributed by atoms with Crippen LogP contribution in [0.1, 0.15) is 5.56 Å². The fourth-order valence-corrected chi connectivity index (χ4v) is 1.42. The highest BCUT2D eigenvalue weighted by molar-refractivity contribution is 7.52. The van der Waals surface area contributed by atoms with Gasteiger partial charge in [0, 0.05) is 6.42 Å². The second-order valence-corrected chi connectivity index (χ2v) is 4.59. The number of alkyl halides is 1. The summed E-state index contributed by atoms with van der Waals surface area (Å²) in [5, 5.41) is 9.21. The van der Waals surface area contributed by atoms with Crippen molar-refractivity contribution in [2.24, 2.45) is 0 Å². The first kappa shape index (κ1) is 11.2. The summed E-state index contributed by atoms with van der Waals surface area (Å²) in [7, 11) is -4.72. The fraction of sp³-hybridized carbons (Fsp3) is 0.250. The van der Waals surface area contributed by atoms with Crippen LogP contribution in [0.25, 0.3) is 0 Å². The quantitative estimate of drug-likeness (QED) is 0.673. The van der Waals surface area contributed by atoms with Crippen molar-refractivity contribution < 1.29 is 23.8 Å². The van der Waals surface area contributed by atoms with E-state index in [1.54, 1.807) is 12.1 Å². The molecule has 0 aliphatic rings. The Morgan fingerprint density at radius 1 is 1.36 bits per heavy atom. The van der Waals surface area contributed by atoms with Crippen molar-refractivity contribution in [3.63, 3.8) is 0 Å². The highest BCUT2D eigenvalue weighted by atomic mass is 31.2. The first-order valence-electron chi connectivity index (χ1n) is 3.87. The minimum Gasteiger partial charge on any atom is -0.508 e. The minimum atomic E-state index is -4.72. The second kappa shape index (κ2) is 4.09. The molecule has 0 spiro atoms. The van der Waals surface area contributed by atoms with Crippen LogP contribution in [0.4, 0.5) is 4.39 Å². The van der Waals surface area contributed by atoms with E-state index in [2.05, 4.69) is 0 Å². The number of para-hydroxylation sites is 1. The number of phenolic OH excluding ortho intramolecular Hbond substituents is 1. The molecule has 0 radical (unpaired) electrons. The summed E-state index contributed by atoms with van der Waals surface area (Å²) in [6.07, 6.45) is -0.489. The molecule has 1 rings (SSSR count). The topological polar surface area (TPSA) is 77.8 Å². The first-order chi connectivity index (χ1) is 6.41. The van der Waals surface area contributed by atoms with Gasteiger partial charge in [0.1, 0.15) is 5.75 Å². The Labute approximate surface area is 80.2 Å². The molecule has 78 valence electrons. The van der Waals surface area contributed by atoms with Gasteiger partial charge in [0.2, 0.25) is 5.91 Å². The smallest absolute Gasteiger partial charge is 0.359 e. The van der Waals surface area contributed by atoms with Crippen molar-refractivity contribution in [1.29, 1.82) is 0 Å². The molecule has 0 bridgehead atoms. The van der Waals surface area contributed by atoms with Crippen LogP contribution in [-0.2, 0) is 11.0 Å². The predicted molar refractivity (Wildman–Crippen MR) is 48.8 cm³/mol. The van der Waals surface area contributed by atoms with Crippen molar-refractivity contribution >= 4 is 7.60 Å². The van der Waals surface area contributed by atoms with E-state index < -0.39 is 19.9 Å². The van der Waals surface area contributed by atoms with Crippen LogP contribution in [0.5, 0.6) is 5.75 Å². The lowest BCUT2D eigenvalue weighted by Crippen LogP contribution is -2.05. The third kappa shape index (κ3) is 2.80. The molecule has 0 amide bonds. The van der Waals surface area contributed by atoms with Gasteiger partial charge in [-0.1, -0.05) is 18.2 Å². The van der Waals surface area contributed by atoms with Gasteiger partial charge in [0.15, 0.2) is 0 Å². The molecular formula is C8H10FO4P. The molecule has 14 heavy (non-hydrogen) atoms. The molecule has 6 heteroatoms. The molecular weight excluding hydrogens is 210 g/mol. The zero-order valence-corrected chi connectivity index (χ0v) is 8.06. The molecule has 1 unspecified atom stereocenters. The molecule has 1 atom stereocenters.